The maximum atomic E-state index is 5.58. The van der Waals surface area contributed by atoms with Crippen molar-refractivity contribution >= 4 is 0 Å². The molecule has 2 atom stereocenters. The highest BCUT2D eigenvalue weighted by atomic mass is 16.5. The third kappa shape index (κ3) is 4.49. The first kappa shape index (κ1) is 11.4. The molecule has 1 N–H and O–H groups in total. The van der Waals surface area contributed by atoms with Gasteiger partial charge in [0, 0.05) is 25.8 Å². The molecule has 1 heterocycles. The first-order valence-electron chi connectivity index (χ1n) is 6.27. The van der Waals surface area contributed by atoms with Crippen molar-refractivity contribution in [3.63, 3.8) is 0 Å². The molecule has 0 radical (unpaired) electrons. The number of hydrogen-bond acceptors (Lipinski definition) is 3. The first-order valence-corrected chi connectivity index (χ1v) is 6.27. The summed E-state index contributed by atoms with van der Waals surface area (Å²) in [6, 6.07) is 0.637. The highest BCUT2D eigenvalue weighted by Crippen LogP contribution is 2.28. The fraction of sp³-hybridized carbons (Fsp3) is 1.00. The van der Waals surface area contributed by atoms with Gasteiger partial charge in [-0.2, -0.15) is 0 Å². The van der Waals surface area contributed by atoms with Crippen molar-refractivity contribution in [2.75, 3.05) is 26.4 Å². The van der Waals surface area contributed by atoms with Gasteiger partial charge in [0.1, 0.15) is 0 Å². The van der Waals surface area contributed by atoms with Crippen LogP contribution in [0.3, 0.4) is 0 Å². The van der Waals surface area contributed by atoms with E-state index in [0.29, 0.717) is 12.1 Å². The second kappa shape index (κ2) is 5.83. The Bertz CT molecular complexity index is 182. The molecule has 2 aliphatic rings. The van der Waals surface area contributed by atoms with Gasteiger partial charge in [-0.25, -0.2) is 0 Å². The molecule has 0 aromatic carbocycles. The summed E-state index contributed by atoms with van der Waals surface area (Å²) >= 11 is 0. The predicted octanol–water partition coefficient (Wildman–Crippen LogP) is 1.57. The Morgan fingerprint density at radius 2 is 2.20 bits per heavy atom. The minimum absolute atomic E-state index is 0.420. The maximum absolute atomic E-state index is 5.58. The molecule has 1 saturated heterocycles. The highest BCUT2D eigenvalue weighted by molar-refractivity contribution is 4.75. The number of hydrogen-bond donors (Lipinski definition) is 1. The summed E-state index contributed by atoms with van der Waals surface area (Å²) in [6.45, 7) is 5.89. The zero-order valence-electron chi connectivity index (χ0n) is 9.71. The summed E-state index contributed by atoms with van der Waals surface area (Å²) < 4.78 is 11.1. The zero-order valence-corrected chi connectivity index (χ0v) is 9.71. The van der Waals surface area contributed by atoms with E-state index in [0.717, 1.165) is 45.1 Å². The molecule has 15 heavy (non-hydrogen) atoms. The topological polar surface area (TPSA) is 30.5 Å². The van der Waals surface area contributed by atoms with Crippen LogP contribution in [0.25, 0.3) is 0 Å². The van der Waals surface area contributed by atoms with Crippen LogP contribution in [0.2, 0.25) is 0 Å². The fourth-order valence-electron chi connectivity index (χ4n) is 2.05. The Kier molecular flexibility index (Phi) is 4.42. The molecule has 1 saturated carbocycles. The van der Waals surface area contributed by atoms with Crippen molar-refractivity contribution in [1.82, 2.24) is 5.32 Å². The van der Waals surface area contributed by atoms with E-state index >= 15 is 0 Å². The van der Waals surface area contributed by atoms with Crippen LogP contribution in [-0.4, -0.2) is 38.5 Å². The Labute approximate surface area is 92.5 Å². The second-order valence-electron chi connectivity index (χ2n) is 4.88. The molecule has 2 rings (SSSR count). The lowest BCUT2D eigenvalue weighted by molar-refractivity contribution is 0.0116. The van der Waals surface area contributed by atoms with Gasteiger partial charge in [0.2, 0.25) is 0 Å². The van der Waals surface area contributed by atoms with Gasteiger partial charge < -0.3 is 14.8 Å². The average Bonchev–Trinajstić information content (AvgIpc) is 3.01. The molecule has 0 bridgehead atoms. The summed E-state index contributed by atoms with van der Waals surface area (Å²) in [5.41, 5.74) is 0. The van der Waals surface area contributed by atoms with Crippen LogP contribution in [0.4, 0.5) is 0 Å². The van der Waals surface area contributed by atoms with Crippen molar-refractivity contribution in [3.8, 4) is 0 Å². The quantitative estimate of drug-likeness (QED) is 0.679. The van der Waals surface area contributed by atoms with Gasteiger partial charge in [0.25, 0.3) is 0 Å². The van der Waals surface area contributed by atoms with Gasteiger partial charge in [-0.15, -0.1) is 0 Å². The Morgan fingerprint density at radius 1 is 1.33 bits per heavy atom. The second-order valence-corrected chi connectivity index (χ2v) is 4.88. The van der Waals surface area contributed by atoms with Crippen LogP contribution in [0.5, 0.6) is 0 Å². The summed E-state index contributed by atoms with van der Waals surface area (Å²) in [4.78, 5) is 0. The van der Waals surface area contributed by atoms with Gasteiger partial charge in [-0.1, -0.05) is 0 Å². The highest BCUT2D eigenvalue weighted by Gasteiger charge is 2.21. The molecule has 2 unspecified atom stereocenters. The van der Waals surface area contributed by atoms with Gasteiger partial charge in [-0.3, -0.25) is 0 Å². The Balaban J connectivity index is 1.45. The lowest BCUT2D eigenvalue weighted by Gasteiger charge is -2.28. The van der Waals surface area contributed by atoms with Crippen LogP contribution in [0, 0.1) is 5.92 Å². The lowest BCUT2D eigenvalue weighted by atomic mass is 10.0. The largest absolute Gasteiger partial charge is 0.380 e. The molecule has 0 spiro atoms. The monoisotopic (exact) mass is 213 g/mol. The fourth-order valence-corrected chi connectivity index (χ4v) is 2.05. The van der Waals surface area contributed by atoms with Gasteiger partial charge >= 0.3 is 0 Å². The number of nitrogens with one attached hydrogen (secondary N) is 1. The molecular formula is C12H23NO2. The molecule has 0 aromatic heterocycles. The van der Waals surface area contributed by atoms with E-state index in [1.54, 1.807) is 0 Å². The maximum Gasteiger partial charge on any atom is 0.0591 e. The van der Waals surface area contributed by atoms with E-state index in [4.69, 9.17) is 9.47 Å². The van der Waals surface area contributed by atoms with Crippen molar-refractivity contribution in [2.24, 2.45) is 5.92 Å². The van der Waals surface area contributed by atoms with Crippen LogP contribution in [0.1, 0.15) is 32.6 Å². The molecule has 3 heteroatoms. The van der Waals surface area contributed by atoms with Crippen LogP contribution >= 0.6 is 0 Å². The predicted molar refractivity (Wildman–Crippen MR) is 60.0 cm³/mol. The van der Waals surface area contributed by atoms with E-state index in [-0.39, 0.29) is 0 Å². The third-order valence-electron chi connectivity index (χ3n) is 3.22. The number of rotatable bonds is 6. The van der Waals surface area contributed by atoms with Crippen molar-refractivity contribution in [3.05, 3.63) is 0 Å². The first-order chi connectivity index (χ1) is 7.34. The zero-order chi connectivity index (χ0) is 10.5. The normalized spacial score (nSPS) is 31.8. The molecule has 3 nitrogen and oxygen atoms in total. The smallest absolute Gasteiger partial charge is 0.0591 e. The standard InChI is InChI=1S/C12H23NO2/c1-10-8-12(4-6-15-10)13-5-7-14-9-11-2-3-11/h10-13H,2-9H2,1H3. The van der Waals surface area contributed by atoms with Gasteiger partial charge in [0.05, 0.1) is 12.7 Å². The molecule has 2 fully saturated rings. The third-order valence-corrected chi connectivity index (χ3v) is 3.22. The molecule has 1 aliphatic heterocycles. The minimum atomic E-state index is 0.420. The summed E-state index contributed by atoms with van der Waals surface area (Å²) in [7, 11) is 0. The summed E-state index contributed by atoms with van der Waals surface area (Å²) in [5, 5.41) is 3.54. The SMILES string of the molecule is CC1CC(NCCOCC2CC2)CCO1. The Morgan fingerprint density at radius 3 is 2.93 bits per heavy atom. The van der Waals surface area contributed by atoms with Gasteiger partial charge in [-0.05, 0) is 38.5 Å². The lowest BCUT2D eigenvalue weighted by Crippen LogP contribution is -2.39. The summed E-state index contributed by atoms with van der Waals surface area (Å²) in [6.07, 6.45) is 5.47. The van der Waals surface area contributed by atoms with Gasteiger partial charge in [0.15, 0.2) is 0 Å². The molecule has 1 aliphatic carbocycles. The molecule has 88 valence electrons. The Hall–Kier alpha value is -0.120. The average molecular weight is 213 g/mol. The number of ether oxygens (including phenoxy) is 2. The minimum Gasteiger partial charge on any atom is -0.380 e. The summed E-state index contributed by atoms with van der Waals surface area (Å²) in [5.74, 6) is 0.883. The van der Waals surface area contributed by atoms with Crippen LogP contribution < -0.4 is 5.32 Å². The van der Waals surface area contributed by atoms with Crippen molar-refractivity contribution in [2.45, 2.75) is 44.8 Å². The van der Waals surface area contributed by atoms with Crippen LogP contribution in [0.15, 0.2) is 0 Å². The van der Waals surface area contributed by atoms with E-state index in [2.05, 4.69) is 12.2 Å². The van der Waals surface area contributed by atoms with E-state index < -0.39 is 0 Å². The molecule has 0 amide bonds. The molecular weight excluding hydrogens is 190 g/mol. The van der Waals surface area contributed by atoms with Crippen molar-refractivity contribution < 1.29 is 9.47 Å². The van der Waals surface area contributed by atoms with E-state index in [1.165, 1.54) is 12.8 Å². The van der Waals surface area contributed by atoms with Crippen LogP contribution in [-0.2, 0) is 9.47 Å². The van der Waals surface area contributed by atoms with E-state index in [9.17, 15) is 0 Å². The van der Waals surface area contributed by atoms with E-state index in [1.807, 2.05) is 0 Å². The van der Waals surface area contributed by atoms with Crippen molar-refractivity contribution in [1.29, 1.82) is 0 Å². The molecule has 0 aromatic rings.